The van der Waals surface area contributed by atoms with Crippen molar-refractivity contribution in [2.24, 2.45) is 5.16 Å². The van der Waals surface area contributed by atoms with Gasteiger partial charge in [0.25, 0.3) is 17.0 Å². The molecule has 0 bridgehead atoms. The first-order valence-corrected chi connectivity index (χ1v) is 15.8. The van der Waals surface area contributed by atoms with Gasteiger partial charge < -0.3 is 35.6 Å². The van der Waals surface area contributed by atoms with E-state index in [2.05, 4.69) is 25.7 Å². The van der Waals surface area contributed by atoms with E-state index >= 15 is 0 Å². The van der Waals surface area contributed by atoms with Crippen LogP contribution < -0.4 is 15.9 Å². The van der Waals surface area contributed by atoms with E-state index in [0.29, 0.717) is 33.3 Å². The van der Waals surface area contributed by atoms with Crippen LogP contribution in [0.25, 0.3) is 22.7 Å². The first kappa shape index (κ1) is 30.0. The van der Waals surface area contributed by atoms with E-state index in [9.17, 15) is 29.7 Å². The number of nitrogens with zero attached hydrogens (tertiary/aromatic N) is 5. The van der Waals surface area contributed by atoms with Gasteiger partial charge in [-0.1, -0.05) is 29.1 Å². The molecule has 0 spiro atoms. The fraction of sp³-hybridized carbons (Fsp3) is 0.148. The third kappa shape index (κ3) is 6.15. The molecule has 0 radical (unpaired) electrons. The number of benzene rings is 2. The molecule has 2 aliphatic heterocycles. The second-order valence-electron chi connectivity index (χ2n) is 9.41. The van der Waals surface area contributed by atoms with Crippen LogP contribution in [-0.2, 0) is 14.4 Å². The maximum absolute atomic E-state index is 13.0. The van der Waals surface area contributed by atoms with Crippen molar-refractivity contribution in [3.8, 4) is 40.0 Å². The third-order valence-electron chi connectivity index (χ3n) is 6.55. The number of aliphatic carboxylic acids is 1. The normalized spacial score (nSPS) is 17.7. The molecule has 2 amide bonds. The van der Waals surface area contributed by atoms with Gasteiger partial charge in [-0.15, -0.1) is 33.3 Å². The molecule has 6 N–H and O–H groups in total. The summed E-state index contributed by atoms with van der Waals surface area (Å²) in [6.45, 7) is 0. The Morgan fingerprint density at radius 3 is 2.80 bits per heavy atom. The van der Waals surface area contributed by atoms with Gasteiger partial charge in [0.05, 0.1) is 5.69 Å². The average molecular weight is 668 g/mol. The average Bonchev–Trinajstić information content (AvgIpc) is 3.69. The quantitative estimate of drug-likeness (QED) is 0.0539. The Hall–Kier alpha value is -5.07. The second-order valence-corrected chi connectivity index (χ2v) is 12.3. The Balaban J connectivity index is 1.07. The Bertz CT molecular complexity index is 1870. The van der Waals surface area contributed by atoms with Gasteiger partial charge in [0.2, 0.25) is 5.89 Å². The van der Waals surface area contributed by atoms with Crippen molar-refractivity contribution in [1.29, 1.82) is 0 Å². The van der Waals surface area contributed by atoms with Gasteiger partial charge in [-0.2, -0.15) is 0 Å². The van der Waals surface area contributed by atoms with Crippen LogP contribution in [0.1, 0.15) is 0 Å². The molecule has 0 aliphatic carbocycles. The first-order valence-electron chi connectivity index (χ1n) is 12.9. The van der Waals surface area contributed by atoms with Gasteiger partial charge in [0.15, 0.2) is 22.4 Å². The number of phenolic OH excluding ortho intramolecular Hbond substituents is 2. The summed E-state index contributed by atoms with van der Waals surface area (Å²) in [5.74, 6) is -2.34. The fourth-order valence-electron chi connectivity index (χ4n) is 4.48. The highest BCUT2D eigenvalue weighted by atomic mass is 32.2. The minimum Gasteiger partial charge on any atom is -0.504 e. The standard InChI is InChI=1S/C27H21N7O8S3/c28-26-30-15(11-44-26)14-3-1-2-4-18(14)42-29-8-19(37)31-20-23(38)34-21(25(39)40)13(9-43-24(20)34)10-45-27-33-32-22(41-27)12-5-6-16(35)17(36)7-12/h1-8,11,20,24,35-36H,9-10H2,(H2,28,30)(H,31,37)(H,39,40)/t20-,24+/m1/s1. The lowest BCUT2D eigenvalue weighted by Crippen LogP contribution is -2.70. The molecule has 0 saturated carbocycles. The molecular weight excluding hydrogens is 647 g/mol. The van der Waals surface area contributed by atoms with Gasteiger partial charge in [0, 0.05) is 28.0 Å². The van der Waals surface area contributed by atoms with Crippen LogP contribution in [0.2, 0.25) is 0 Å². The van der Waals surface area contributed by atoms with Crippen LogP contribution in [0.3, 0.4) is 0 Å². The number of rotatable bonds is 10. The minimum atomic E-state index is -1.28. The molecule has 4 aromatic rings. The largest absolute Gasteiger partial charge is 0.504 e. The van der Waals surface area contributed by atoms with E-state index in [0.717, 1.165) is 22.9 Å². The van der Waals surface area contributed by atoms with E-state index in [1.54, 1.807) is 29.6 Å². The molecule has 2 aromatic carbocycles. The van der Waals surface area contributed by atoms with Crippen molar-refractivity contribution < 1.29 is 39.0 Å². The van der Waals surface area contributed by atoms with Gasteiger partial charge in [-0.25, -0.2) is 9.78 Å². The number of oxime groups is 1. The monoisotopic (exact) mass is 667 g/mol. The number of para-hydroxylation sites is 1. The number of amides is 2. The molecule has 4 heterocycles. The summed E-state index contributed by atoms with van der Waals surface area (Å²) in [6, 6.07) is 10.0. The predicted octanol–water partition coefficient (Wildman–Crippen LogP) is 2.75. The molecule has 1 fully saturated rings. The predicted molar refractivity (Wildman–Crippen MR) is 165 cm³/mol. The highest BCUT2D eigenvalue weighted by Gasteiger charge is 2.54. The maximum atomic E-state index is 13.0. The Kier molecular flexibility index (Phi) is 8.33. The number of β-lactam (4-membered cyclic amide) rings is 1. The molecule has 15 nitrogen and oxygen atoms in total. The summed E-state index contributed by atoms with van der Waals surface area (Å²) in [7, 11) is 0. The number of aromatic nitrogens is 3. The molecule has 0 unspecified atom stereocenters. The SMILES string of the molecule is Nc1nc(-c2ccccc2ON=CC(=O)N[C@@H]2C(=O)N3C(C(=O)O)=C(CSc4nnc(-c5ccc(O)c(O)c5)o4)CS[C@@H]23)cs1. The lowest BCUT2D eigenvalue weighted by atomic mass is 10.0. The summed E-state index contributed by atoms with van der Waals surface area (Å²) in [5.41, 5.74) is 7.63. The number of nitrogens with one attached hydrogen (secondary N) is 1. The number of carbonyl (C=O) groups is 3. The van der Waals surface area contributed by atoms with Crippen molar-refractivity contribution in [3.05, 3.63) is 59.1 Å². The molecular formula is C27H21N7O8S3. The van der Waals surface area contributed by atoms with Crippen molar-refractivity contribution >= 4 is 64.0 Å². The van der Waals surface area contributed by atoms with Crippen LogP contribution in [0.15, 0.2) is 73.9 Å². The number of aromatic hydroxyl groups is 2. The van der Waals surface area contributed by atoms with Crippen LogP contribution in [-0.4, -0.2) is 82.3 Å². The number of phenols is 2. The van der Waals surface area contributed by atoms with E-state index < -0.39 is 29.2 Å². The lowest BCUT2D eigenvalue weighted by molar-refractivity contribution is -0.150. The molecule has 1 saturated heterocycles. The highest BCUT2D eigenvalue weighted by molar-refractivity contribution is 8.01. The second kappa shape index (κ2) is 12.5. The van der Waals surface area contributed by atoms with E-state index in [1.807, 2.05) is 0 Å². The van der Waals surface area contributed by atoms with Gasteiger partial charge >= 0.3 is 5.97 Å². The summed E-state index contributed by atoms with van der Waals surface area (Å²) in [6.07, 6.45) is 0.893. The number of nitrogen functional groups attached to an aromatic ring is 1. The van der Waals surface area contributed by atoms with Crippen LogP contribution in [0, 0.1) is 0 Å². The number of thioether (sulfide) groups is 2. The number of carbonyl (C=O) groups excluding carboxylic acids is 2. The minimum absolute atomic E-state index is 0.0950. The zero-order valence-corrected chi connectivity index (χ0v) is 25.1. The van der Waals surface area contributed by atoms with Crippen molar-refractivity contribution in [1.82, 2.24) is 25.4 Å². The van der Waals surface area contributed by atoms with Crippen LogP contribution in [0.5, 0.6) is 17.2 Å². The molecule has 45 heavy (non-hydrogen) atoms. The van der Waals surface area contributed by atoms with Crippen LogP contribution in [0.4, 0.5) is 5.13 Å². The number of thiazole rings is 1. The number of anilines is 1. The number of carboxylic acids is 1. The molecule has 230 valence electrons. The van der Waals surface area contributed by atoms with Crippen LogP contribution >= 0.6 is 34.9 Å². The molecule has 2 atom stereocenters. The first-order chi connectivity index (χ1) is 21.7. The van der Waals surface area contributed by atoms with E-state index in [-0.39, 0.29) is 39.8 Å². The van der Waals surface area contributed by atoms with Crippen molar-refractivity contribution in [3.63, 3.8) is 0 Å². The number of carboxylic acid groups (broad SMARTS) is 1. The smallest absolute Gasteiger partial charge is 0.352 e. The zero-order chi connectivity index (χ0) is 31.7. The molecule has 2 aliphatic rings. The number of hydrogen-bond acceptors (Lipinski definition) is 15. The maximum Gasteiger partial charge on any atom is 0.352 e. The number of hydrogen-bond donors (Lipinski definition) is 5. The Morgan fingerprint density at radius 2 is 2.04 bits per heavy atom. The van der Waals surface area contributed by atoms with Crippen molar-refractivity contribution in [2.45, 2.75) is 16.6 Å². The Morgan fingerprint density at radius 1 is 1.22 bits per heavy atom. The van der Waals surface area contributed by atoms with Gasteiger partial charge in [-0.05, 0) is 35.9 Å². The number of nitrogens with two attached hydrogens (primary N) is 1. The summed E-state index contributed by atoms with van der Waals surface area (Å²) in [4.78, 5) is 48.5. The summed E-state index contributed by atoms with van der Waals surface area (Å²) < 4.78 is 5.60. The zero-order valence-electron chi connectivity index (χ0n) is 22.7. The number of fused-ring (bicyclic) bond motifs is 1. The Labute approximate surface area is 265 Å². The van der Waals surface area contributed by atoms with E-state index in [4.69, 9.17) is 15.0 Å². The third-order valence-corrected chi connectivity index (χ3v) is 9.47. The van der Waals surface area contributed by atoms with Gasteiger partial charge in [0.1, 0.15) is 23.3 Å². The van der Waals surface area contributed by atoms with Gasteiger partial charge in [-0.3, -0.25) is 14.5 Å². The van der Waals surface area contributed by atoms with Crippen molar-refractivity contribution in [2.75, 3.05) is 17.2 Å². The lowest BCUT2D eigenvalue weighted by Gasteiger charge is -2.49. The molecule has 2 aromatic heterocycles. The molecule has 6 rings (SSSR count). The topological polar surface area (TPSA) is 227 Å². The summed E-state index contributed by atoms with van der Waals surface area (Å²) in [5, 5.41) is 45.0. The molecule has 18 heteroatoms. The fourth-order valence-corrected chi connectivity index (χ4v) is 7.29. The summed E-state index contributed by atoms with van der Waals surface area (Å²) >= 11 is 3.66. The van der Waals surface area contributed by atoms with E-state index in [1.165, 1.54) is 41.3 Å². The highest BCUT2D eigenvalue weighted by Crippen LogP contribution is 2.42.